The smallest absolute Gasteiger partial charge is 0.210 e. The Morgan fingerprint density at radius 3 is 2.78 bits per heavy atom. The molecule has 2 rings (SSSR count). The highest BCUT2D eigenvalue weighted by Gasteiger charge is 2.01. The van der Waals surface area contributed by atoms with E-state index in [1.807, 2.05) is 42.8 Å². The minimum atomic E-state index is 0.536. The highest BCUT2D eigenvalue weighted by atomic mass is 32.1. The Bertz CT molecular complexity index is 520. The molecule has 0 saturated heterocycles. The Balaban J connectivity index is 2.03. The van der Waals surface area contributed by atoms with Crippen LogP contribution in [0.15, 0.2) is 40.8 Å². The van der Waals surface area contributed by atoms with Crippen LogP contribution in [0.1, 0.15) is 10.6 Å². The molecule has 0 aliphatic rings. The van der Waals surface area contributed by atoms with Gasteiger partial charge in [-0.2, -0.15) is 0 Å². The zero-order chi connectivity index (χ0) is 12.8. The molecule has 0 bridgehead atoms. The maximum atomic E-state index is 5.44. The van der Waals surface area contributed by atoms with Crippen molar-refractivity contribution in [3.63, 3.8) is 0 Å². The molecule has 1 heterocycles. The number of aromatic nitrogens is 1. The number of para-hydroxylation sites is 1. The first-order valence-electron chi connectivity index (χ1n) is 5.51. The highest BCUT2D eigenvalue weighted by Crippen LogP contribution is 2.13. The van der Waals surface area contributed by atoms with Crippen molar-refractivity contribution < 1.29 is 0 Å². The molecule has 94 valence electrons. The number of aryl methyl sites for hydroxylation is 1. The normalized spacial score (nSPS) is 11.3. The number of rotatable bonds is 3. The fourth-order valence-electron chi connectivity index (χ4n) is 1.41. The van der Waals surface area contributed by atoms with E-state index in [0.29, 0.717) is 12.5 Å². The number of hydrogen-bond acceptors (Lipinski definition) is 4. The van der Waals surface area contributed by atoms with Gasteiger partial charge in [-0.1, -0.05) is 18.2 Å². The average molecular weight is 261 g/mol. The van der Waals surface area contributed by atoms with Gasteiger partial charge in [-0.3, -0.25) is 5.43 Å². The van der Waals surface area contributed by atoms with Gasteiger partial charge < -0.3 is 5.32 Å². The molecule has 0 atom stereocenters. The van der Waals surface area contributed by atoms with Gasteiger partial charge in [0, 0.05) is 10.6 Å². The van der Waals surface area contributed by atoms with Crippen LogP contribution in [-0.4, -0.2) is 10.9 Å². The van der Waals surface area contributed by atoms with Gasteiger partial charge in [0.1, 0.15) is 0 Å². The molecule has 0 spiro atoms. The molecule has 0 fully saturated rings. The summed E-state index contributed by atoms with van der Waals surface area (Å²) in [5.74, 6) is 5.98. The van der Waals surface area contributed by atoms with E-state index in [0.717, 1.165) is 16.3 Å². The van der Waals surface area contributed by atoms with Crippen molar-refractivity contribution in [3.05, 3.63) is 46.4 Å². The SMILES string of the molecule is Cc1ncsc1CN=C(NN)Nc1ccccc1. The van der Waals surface area contributed by atoms with Crippen LogP contribution in [-0.2, 0) is 6.54 Å². The summed E-state index contributed by atoms with van der Waals surface area (Å²) >= 11 is 1.59. The summed E-state index contributed by atoms with van der Waals surface area (Å²) in [6.45, 7) is 2.54. The summed E-state index contributed by atoms with van der Waals surface area (Å²) in [6, 6.07) is 9.75. The van der Waals surface area contributed by atoms with Gasteiger partial charge in [0.15, 0.2) is 0 Å². The van der Waals surface area contributed by atoms with E-state index in [1.165, 1.54) is 0 Å². The van der Waals surface area contributed by atoms with Crippen molar-refractivity contribution >= 4 is 23.0 Å². The van der Waals surface area contributed by atoms with E-state index in [-0.39, 0.29) is 0 Å². The fourth-order valence-corrected chi connectivity index (χ4v) is 2.11. The van der Waals surface area contributed by atoms with Gasteiger partial charge in [0.25, 0.3) is 0 Å². The number of guanidine groups is 1. The minimum absolute atomic E-state index is 0.536. The Labute approximate surface area is 110 Å². The van der Waals surface area contributed by atoms with Crippen LogP contribution in [0, 0.1) is 6.92 Å². The molecule has 18 heavy (non-hydrogen) atoms. The standard InChI is InChI=1S/C12H15N5S/c1-9-11(18-8-15-9)7-14-12(17-13)16-10-5-3-2-4-6-10/h2-6,8H,7,13H2,1H3,(H2,14,16,17). The summed E-state index contributed by atoms with van der Waals surface area (Å²) in [5.41, 5.74) is 6.33. The monoisotopic (exact) mass is 261 g/mol. The van der Waals surface area contributed by atoms with E-state index in [4.69, 9.17) is 5.84 Å². The van der Waals surface area contributed by atoms with Gasteiger partial charge in [-0.15, -0.1) is 11.3 Å². The number of anilines is 1. The summed E-state index contributed by atoms with van der Waals surface area (Å²) in [7, 11) is 0. The lowest BCUT2D eigenvalue weighted by molar-refractivity contribution is 0.969. The van der Waals surface area contributed by atoms with Gasteiger partial charge in [0.2, 0.25) is 5.96 Å². The quantitative estimate of drug-likeness (QED) is 0.341. The lowest BCUT2D eigenvalue weighted by atomic mass is 10.3. The van der Waals surface area contributed by atoms with Crippen LogP contribution in [0.5, 0.6) is 0 Å². The molecule has 0 aliphatic heterocycles. The average Bonchev–Trinajstić information content (AvgIpc) is 2.81. The molecule has 4 N–H and O–H groups in total. The molecular formula is C12H15N5S. The topological polar surface area (TPSA) is 75.3 Å². The predicted octanol–water partition coefficient (Wildman–Crippen LogP) is 1.88. The van der Waals surface area contributed by atoms with Gasteiger partial charge in [-0.05, 0) is 19.1 Å². The highest BCUT2D eigenvalue weighted by molar-refractivity contribution is 7.09. The maximum Gasteiger partial charge on any atom is 0.210 e. The van der Waals surface area contributed by atoms with Crippen LogP contribution >= 0.6 is 11.3 Å². The molecule has 0 aliphatic carbocycles. The second-order valence-corrected chi connectivity index (χ2v) is 4.60. The third-order valence-corrected chi connectivity index (χ3v) is 3.32. The summed E-state index contributed by atoms with van der Waals surface area (Å²) < 4.78 is 0. The third-order valence-electron chi connectivity index (χ3n) is 2.40. The molecule has 0 amide bonds. The summed E-state index contributed by atoms with van der Waals surface area (Å²) in [6.07, 6.45) is 0. The van der Waals surface area contributed by atoms with Gasteiger partial charge in [0.05, 0.1) is 17.7 Å². The van der Waals surface area contributed by atoms with Crippen molar-refractivity contribution in [2.75, 3.05) is 5.32 Å². The fraction of sp³-hybridized carbons (Fsp3) is 0.167. The van der Waals surface area contributed by atoms with E-state index in [2.05, 4.69) is 20.7 Å². The zero-order valence-corrected chi connectivity index (χ0v) is 10.9. The first-order chi connectivity index (χ1) is 8.79. The van der Waals surface area contributed by atoms with Crippen molar-refractivity contribution in [3.8, 4) is 0 Å². The predicted molar refractivity (Wildman–Crippen MR) is 75.4 cm³/mol. The van der Waals surface area contributed by atoms with Crippen LogP contribution in [0.3, 0.4) is 0 Å². The lowest BCUT2D eigenvalue weighted by Crippen LogP contribution is -2.36. The molecule has 0 radical (unpaired) electrons. The maximum absolute atomic E-state index is 5.44. The second-order valence-electron chi connectivity index (χ2n) is 3.66. The van der Waals surface area contributed by atoms with Crippen molar-refractivity contribution in [2.24, 2.45) is 10.8 Å². The number of benzene rings is 1. The van der Waals surface area contributed by atoms with Crippen molar-refractivity contribution in [1.29, 1.82) is 0 Å². The first-order valence-corrected chi connectivity index (χ1v) is 6.39. The first kappa shape index (κ1) is 12.5. The Kier molecular flexibility index (Phi) is 4.27. The molecule has 2 aromatic rings. The third kappa shape index (κ3) is 3.28. The summed E-state index contributed by atoms with van der Waals surface area (Å²) in [5, 5.41) is 3.11. The van der Waals surface area contributed by atoms with E-state index >= 15 is 0 Å². The molecule has 0 saturated carbocycles. The molecule has 0 unspecified atom stereocenters. The van der Waals surface area contributed by atoms with Gasteiger partial charge in [-0.25, -0.2) is 15.8 Å². The van der Waals surface area contributed by atoms with Crippen LogP contribution in [0.2, 0.25) is 0 Å². The van der Waals surface area contributed by atoms with Crippen LogP contribution < -0.4 is 16.6 Å². The van der Waals surface area contributed by atoms with E-state index < -0.39 is 0 Å². The van der Waals surface area contributed by atoms with E-state index in [9.17, 15) is 0 Å². The molecule has 5 nitrogen and oxygen atoms in total. The Hall–Kier alpha value is -1.92. The number of hydrogen-bond donors (Lipinski definition) is 3. The number of nitrogens with zero attached hydrogens (tertiary/aromatic N) is 2. The summed E-state index contributed by atoms with van der Waals surface area (Å²) in [4.78, 5) is 9.70. The second kappa shape index (κ2) is 6.13. The Morgan fingerprint density at radius 2 is 2.17 bits per heavy atom. The Morgan fingerprint density at radius 1 is 1.39 bits per heavy atom. The van der Waals surface area contributed by atoms with Gasteiger partial charge >= 0.3 is 0 Å². The number of nitrogens with one attached hydrogen (secondary N) is 2. The van der Waals surface area contributed by atoms with Crippen LogP contribution in [0.4, 0.5) is 5.69 Å². The molecule has 6 heteroatoms. The number of thiazole rings is 1. The molecule has 1 aromatic carbocycles. The lowest BCUT2D eigenvalue weighted by Gasteiger charge is -2.08. The number of aliphatic imine (C=N–C) groups is 1. The molecule has 1 aromatic heterocycles. The van der Waals surface area contributed by atoms with E-state index in [1.54, 1.807) is 11.3 Å². The molecular weight excluding hydrogens is 246 g/mol. The minimum Gasteiger partial charge on any atom is -0.325 e. The zero-order valence-electron chi connectivity index (χ0n) is 10.1. The largest absolute Gasteiger partial charge is 0.325 e. The number of hydrazine groups is 1. The van der Waals surface area contributed by atoms with Crippen molar-refractivity contribution in [1.82, 2.24) is 10.4 Å². The van der Waals surface area contributed by atoms with Crippen LogP contribution in [0.25, 0.3) is 0 Å². The van der Waals surface area contributed by atoms with Crippen molar-refractivity contribution in [2.45, 2.75) is 13.5 Å². The number of nitrogens with two attached hydrogens (primary N) is 1.